The van der Waals surface area contributed by atoms with Crippen molar-refractivity contribution in [2.45, 2.75) is 39.5 Å². The molecule has 0 radical (unpaired) electrons. The Balaban J connectivity index is 1.82. The molecular formula is C18H23FN2O3. The molecule has 0 bridgehead atoms. The first-order chi connectivity index (χ1) is 11.3. The summed E-state index contributed by atoms with van der Waals surface area (Å²) in [5, 5.41) is 6.86. The summed E-state index contributed by atoms with van der Waals surface area (Å²) in [4.78, 5) is 12.4. The van der Waals surface area contributed by atoms with E-state index in [0.717, 1.165) is 0 Å². The molecule has 0 unspecified atom stereocenters. The SMILES string of the molecule is Cc1onc(C(C)(C)C)c1C(=O)NCCCOc1ccc(F)cc1. The molecule has 0 saturated carbocycles. The van der Waals surface area contributed by atoms with E-state index in [1.165, 1.54) is 12.1 Å². The minimum Gasteiger partial charge on any atom is -0.494 e. The normalized spacial score (nSPS) is 11.4. The number of nitrogens with one attached hydrogen (secondary N) is 1. The highest BCUT2D eigenvalue weighted by Gasteiger charge is 2.28. The number of ether oxygens (including phenoxy) is 1. The van der Waals surface area contributed by atoms with E-state index in [-0.39, 0.29) is 17.1 Å². The summed E-state index contributed by atoms with van der Waals surface area (Å²) in [5.41, 5.74) is 0.887. The average Bonchev–Trinajstić information content (AvgIpc) is 2.90. The van der Waals surface area contributed by atoms with Gasteiger partial charge in [-0.25, -0.2) is 4.39 Å². The van der Waals surface area contributed by atoms with Crippen LogP contribution in [0.3, 0.4) is 0 Å². The molecule has 1 heterocycles. The van der Waals surface area contributed by atoms with Crippen LogP contribution < -0.4 is 10.1 Å². The van der Waals surface area contributed by atoms with Crippen LogP contribution >= 0.6 is 0 Å². The molecule has 6 heteroatoms. The van der Waals surface area contributed by atoms with Crippen LogP contribution in [0.15, 0.2) is 28.8 Å². The molecule has 0 saturated heterocycles. The fourth-order valence-corrected chi connectivity index (χ4v) is 2.23. The third-order valence-electron chi connectivity index (χ3n) is 3.49. The molecule has 130 valence electrons. The van der Waals surface area contributed by atoms with Gasteiger partial charge in [-0.15, -0.1) is 0 Å². The summed E-state index contributed by atoms with van der Waals surface area (Å²) in [5.74, 6) is 0.626. The van der Waals surface area contributed by atoms with Crippen LogP contribution in [-0.2, 0) is 5.41 Å². The second-order valence-corrected chi connectivity index (χ2v) is 6.62. The van der Waals surface area contributed by atoms with Gasteiger partial charge in [0.05, 0.1) is 6.61 Å². The standard InChI is InChI=1S/C18H23FN2O3/c1-12-15(16(21-24-12)18(2,3)4)17(22)20-10-5-11-23-14-8-6-13(19)7-9-14/h6-9H,5,10-11H2,1-4H3,(H,20,22). The monoisotopic (exact) mass is 334 g/mol. The number of aryl methyl sites for hydroxylation is 1. The van der Waals surface area contributed by atoms with Crippen molar-refractivity contribution in [2.75, 3.05) is 13.2 Å². The van der Waals surface area contributed by atoms with Gasteiger partial charge in [-0.1, -0.05) is 25.9 Å². The summed E-state index contributed by atoms with van der Waals surface area (Å²) in [6.07, 6.45) is 0.637. The maximum atomic E-state index is 12.8. The number of rotatable bonds is 6. The van der Waals surface area contributed by atoms with Gasteiger partial charge in [0.25, 0.3) is 5.91 Å². The summed E-state index contributed by atoms with van der Waals surface area (Å²) >= 11 is 0. The van der Waals surface area contributed by atoms with Gasteiger partial charge in [0.1, 0.15) is 28.6 Å². The summed E-state index contributed by atoms with van der Waals surface area (Å²) in [6.45, 7) is 8.58. The molecule has 2 aromatic rings. The lowest BCUT2D eigenvalue weighted by atomic mass is 9.88. The molecule has 0 spiro atoms. The highest BCUT2D eigenvalue weighted by molar-refractivity contribution is 5.96. The highest BCUT2D eigenvalue weighted by Crippen LogP contribution is 2.26. The fraction of sp³-hybridized carbons (Fsp3) is 0.444. The minimum absolute atomic E-state index is 0.194. The Labute approximate surface area is 141 Å². The Morgan fingerprint density at radius 2 is 1.96 bits per heavy atom. The third-order valence-corrected chi connectivity index (χ3v) is 3.49. The maximum Gasteiger partial charge on any atom is 0.256 e. The first kappa shape index (κ1) is 18.0. The predicted molar refractivity (Wildman–Crippen MR) is 88.8 cm³/mol. The lowest BCUT2D eigenvalue weighted by Crippen LogP contribution is -2.28. The number of hydrogen-bond donors (Lipinski definition) is 1. The lowest BCUT2D eigenvalue weighted by molar-refractivity contribution is 0.0948. The number of hydrogen-bond acceptors (Lipinski definition) is 4. The number of halogens is 1. The van der Waals surface area contributed by atoms with Crippen molar-refractivity contribution in [1.82, 2.24) is 10.5 Å². The van der Waals surface area contributed by atoms with Gasteiger partial charge in [-0.05, 0) is 37.6 Å². The zero-order valence-corrected chi connectivity index (χ0v) is 14.5. The van der Waals surface area contributed by atoms with Gasteiger partial charge < -0.3 is 14.6 Å². The molecule has 0 atom stereocenters. The van der Waals surface area contributed by atoms with E-state index >= 15 is 0 Å². The molecular weight excluding hydrogens is 311 g/mol. The largest absolute Gasteiger partial charge is 0.494 e. The molecule has 1 aromatic heterocycles. The van der Waals surface area contributed by atoms with Gasteiger partial charge in [0, 0.05) is 12.0 Å². The highest BCUT2D eigenvalue weighted by atomic mass is 19.1. The van der Waals surface area contributed by atoms with Crippen LogP contribution in [0.25, 0.3) is 0 Å². The minimum atomic E-state index is -0.298. The Morgan fingerprint density at radius 1 is 1.29 bits per heavy atom. The van der Waals surface area contributed by atoms with E-state index in [1.807, 2.05) is 20.8 Å². The van der Waals surface area contributed by atoms with Crippen molar-refractivity contribution < 1.29 is 18.4 Å². The lowest BCUT2D eigenvalue weighted by Gasteiger charge is -2.16. The maximum absolute atomic E-state index is 12.8. The van der Waals surface area contributed by atoms with Gasteiger partial charge >= 0.3 is 0 Å². The van der Waals surface area contributed by atoms with Crippen molar-refractivity contribution >= 4 is 5.91 Å². The summed E-state index contributed by atoms with van der Waals surface area (Å²) < 4.78 is 23.4. The van der Waals surface area contributed by atoms with Gasteiger partial charge in [-0.2, -0.15) is 0 Å². The zero-order valence-electron chi connectivity index (χ0n) is 14.5. The molecule has 1 N–H and O–H groups in total. The second-order valence-electron chi connectivity index (χ2n) is 6.62. The van der Waals surface area contributed by atoms with Crippen molar-refractivity contribution in [2.24, 2.45) is 0 Å². The third kappa shape index (κ3) is 4.57. The number of benzene rings is 1. The first-order valence-corrected chi connectivity index (χ1v) is 7.92. The van der Waals surface area contributed by atoms with Gasteiger partial charge in [-0.3, -0.25) is 4.79 Å². The molecule has 24 heavy (non-hydrogen) atoms. The Morgan fingerprint density at radius 3 is 2.58 bits per heavy atom. The van der Waals surface area contributed by atoms with Crippen LogP contribution in [0.5, 0.6) is 5.75 Å². The van der Waals surface area contributed by atoms with E-state index in [0.29, 0.717) is 42.3 Å². The summed E-state index contributed by atoms with van der Waals surface area (Å²) in [7, 11) is 0. The predicted octanol–water partition coefficient (Wildman–Crippen LogP) is 3.62. The van der Waals surface area contributed by atoms with E-state index < -0.39 is 0 Å². The number of carbonyl (C=O) groups is 1. The van der Waals surface area contributed by atoms with Crippen molar-refractivity contribution in [3.8, 4) is 5.75 Å². The molecule has 0 fully saturated rings. The molecule has 1 aromatic carbocycles. The van der Waals surface area contributed by atoms with Crippen molar-refractivity contribution in [3.05, 3.63) is 47.1 Å². The topological polar surface area (TPSA) is 64.4 Å². The van der Waals surface area contributed by atoms with Crippen LogP contribution in [-0.4, -0.2) is 24.2 Å². The fourth-order valence-electron chi connectivity index (χ4n) is 2.23. The van der Waals surface area contributed by atoms with Crippen LogP contribution in [0, 0.1) is 12.7 Å². The van der Waals surface area contributed by atoms with Crippen molar-refractivity contribution in [3.63, 3.8) is 0 Å². The van der Waals surface area contributed by atoms with E-state index in [4.69, 9.17) is 9.26 Å². The molecule has 2 rings (SSSR count). The van der Waals surface area contributed by atoms with E-state index in [9.17, 15) is 9.18 Å². The molecule has 0 aliphatic heterocycles. The summed E-state index contributed by atoms with van der Waals surface area (Å²) in [6, 6.07) is 5.84. The number of aromatic nitrogens is 1. The quantitative estimate of drug-likeness (QED) is 0.820. The Hall–Kier alpha value is -2.37. The number of amides is 1. The zero-order chi connectivity index (χ0) is 17.7. The first-order valence-electron chi connectivity index (χ1n) is 7.92. The average molecular weight is 334 g/mol. The molecule has 0 aliphatic carbocycles. The molecule has 0 aliphatic rings. The molecule has 5 nitrogen and oxygen atoms in total. The van der Waals surface area contributed by atoms with E-state index in [2.05, 4.69) is 10.5 Å². The van der Waals surface area contributed by atoms with Crippen molar-refractivity contribution in [1.29, 1.82) is 0 Å². The van der Waals surface area contributed by atoms with Gasteiger partial charge in [0.15, 0.2) is 0 Å². The Bertz CT molecular complexity index is 687. The van der Waals surface area contributed by atoms with Crippen LogP contribution in [0.4, 0.5) is 4.39 Å². The smallest absolute Gasteiger partial charge is 0.256 e. The number of nitrogens with zero attached hydrogens (tertiary/aromatic N) is 1. The van der Waals surface area contributed by atoms with Crippen LogP contribution in [0.2, 0.25) is 0 Å². The Kier molecular flexibility index (Phi) is 5.59. The number of carbonyl (C=O) groups excluding carboxylic acids is 1. The van der Waals surface area contributed by atoms with Gasteiger partial charge in [0.2, 0.25) is 0 Å². The van der Waals surface area contributed by atoms with Crippen LogP contribution in [0.1, 0.15) is 49.0 Å². The molecule has 1 amide bonds. The second kappa shape index (κ2) is 7.47. The van der Waals surface area contributed by atoms with E-state index in [1.54, 1.807) is 19.1 Å².